The van der Waals surface area contributed by atoms with Gasteiger partial charge in [0, 0.05) is 25.2 Å². The van der Waals surface area contributed by atoms with Crippen molar-refractivity contribution in [3.8, 4) is 5.75 Å². The highest BCUT2D eigenvalue weighted by atomic mass is 16.5. The number of hydrogen-bond acceptors (Lipinski definition) is 4. The van der Waals surface area contributed by atoms with Crippen LogP contribution in [0.1, 0.15) is 42.0 Å². The smallest absolute Gasteiger partial charge is 0.227 e. The van der Waals surface area contributed by atoms with Crippen LogP contribution in [0.3, 0.4) is 0 Å². The minimum atomic E-state index is -0.322. The number of nitrogens with one attached hydrogen (secondary N) is 1. The first-order chi connectivity index (χ1) is 15.5. The van der Waals surface area contributed by atoms with Gasteiger partial charge < -0.3 is 15.0 Å². The first-order valence-corrected chi connectivity index (χ1v) is 11.5. The third-order valence-corrected chi connectivity index (χ3v) is 6.91. The highest BCUT2D eigenvalue weighted by molar-refractivity contribution is 6.00. The molecule has 32 heavy (non-hydrogen) atoms. The third kappa shape index (κ3) is 4.65. The summed E-state index contributed by atoms with van der Waals surface area (Å²) in [6, 6.07) is 14.2. The predicted octanol–water partition coefficient (Wildman–Crippen LogP) is 3.62. The zero-order valence-electron chi connectivity index (χ0n) is 19.3. The van der Waals surface area contributed by atoms with Gasteiger partial charge >= 0.3 is 0 Å². The number of carbonyl (C=O) groups is 2. The van der Waals surface area contributed by atoms with Crippen LogP contribution in [-0.2, 0) is 9.59 Å². The SMILES string of the molecule is COc1ccc(C(CNC(=O)C2CC(=O)N(c3cccc(C)c3C)C2)N2CCCC2)cc1. The molecule has 0 aliphatic carbocycles. The van der Waals surface area contributed by atoms with Crippen LogP contribution in [0, 0.1) is 19.8 Å². The van der Waals surface area contributed by atoms with Gasteiger partial charge in [0.1, 0.15) is 5.75 Å². The average Bonchev–Trinajstić information content (AvgIpc) is 3.46. The number of amides is 2. The van der Waals surface area contributed by atoms with Gasteiger partial charge in [-0.3, -0.25) is 14.5 Å². The van der Waals surface area contributed by atoms with E-state index in [1.54, 1.807) is 12.0 Å². The van der Waals surface area contributed by atoms with Crippen molar-refractivity contribution in [1.29, 1.82) is 0 Å². The van der Waals surface area contributed by atoms with Crippen molar-refractivity contribution in [1.82, 2.24) is 10.2 Å². The van der Waals surface area contributed by atoms with Crippen LogP contribution in [0.2, 0.25) is 0 Å². The van der Waals surface area contributed by atoms with Gasteiger partial charge in [-0.25, -0.2) is 0 Å². The van der Waals surface area contributed by atoms with Gasteiger partial charge in [0.15, 0.2) is 0 Å². The molecule has 2 aromatic rings. The van der Waals surface area contributed by atoms with Gasteiger partial charge in [-0.1, -0.05) is 24.3 Å². The minimum Gasteiger partial charge on any atom is -0.497 e. The Morgan fingerprint density at radius 3 is 2.53 bits per heavy atom. The van der Waals surface area contributed by atoms with Crippen molar-refractivity contribution in [3.63, 3.8) is 0 Å². The van der Waals surface area contributed by atoms with Crippen LogP contribution in [0.4, 0.5) is 5.69 Å². The fourth-order valence-corrected chi connectivity index (χ4v) is 4.82. The van der Waals surface area contributed by atoms with Crippen LogP contribution in [0.5, 0.6) is 5.75 Å². The van der Waals surface area contributed by atoms with E-state index in [0.29, 0.717) is 13.1 Å². The highest BCUT2D eigenvalue weighted by Gasteiger charge is 2.36. The first kappa shape index (κ1) is 22.3. The van der Waals surface area contributed by atoms with Gasteiger partial charge in [0.05, 0.1) is 19.1 Å². The number of benzene rings is 2. The number of rotatable bonds is 7. The zero-order chi connectivity index (χ0) is 22.7. The lowest BCUT2D eigenvalue weighted by Crippen LogP contribution is -2.40. The number of hydrogen-bond donors (Lipinski definition) is 1. The average molecular weight is 436 g/mol. The summed E-state index contributed by atoms with van der Waals surface area (Å²) in [5, 5.41) is 3.16. The number of anilines is 1. The van der Waals surface area contributed by atoms with Crippen molar-refractivity contribution in [2.45, 2.75) is 39.2 Å². The maximum Gasteiger partial charge on any atom is 0.227 e. The lowest BCUT2D eigenvalue weighted by atomic mass is 10.0. The Bertz CT molecular complexity index is 967. The standard InChI is InChI=1S/C26H33N3O3/c1-18-7-6-8-23(19(18)2)29-17-21(15-25(29)30)26(31)27-16-24(28-13-4-5-14-28)20-9-11-22(32-3)12-10-20/h6-12,21,24H,4-5,13-17H2,1-3H3,(H,27,31). The molecule has 0 saturated carbocycles. The van der Waals surface area contributed by atoms with Crippen LogP contribution in [0.25, 0.3) is 0 Å². The van der Waals surface area contributed by atoms with Crippen molar-refractivity contribution < 1.29 is 14.3 Å². The molecular weight excluding hydrogens is 402 g/mol. The molecule has 2 saturated heterocycles. The molecule has 2 aromatic carbocycles. The molecule has 2 heterocycles. The van der Waals surface area contributed by atoms with Crippen molar-refractivity contribution in [2.75, 3.05) is 38.2 Å². The minimum absolute atomic E-state index is 0.0186. The number of ether oxygens (including phenoxy) is 1. The molecular formula is C26H33N3O3. The lowest BCUT2D eigenvalue weighted by molar-refractivity contribution is -0.126. The van der Waals surface area contributed by atoms with Gasteiger partial charge in [0.25, 0.3) is 0 Å². The van der Waals surface area contributed by atoms with E-state index in [1.807, 2.05) is 44.2 Å². The molecule has 2 aliphatic heterocycles. The largest absolute Gasteiger partial charge is 0.497 e. The number of nitrogens with zero attached hydrogens (tertiary/aromatic N) is 2. The third-order valence-electron chi connectivity index (χ3n) is 6.91. The van der Waals surface area contributed by atoms with Crippen LogP contribution < -0.4 is 15.0 Å². The molecule has 2 fully saturated rings. The van der Waals surface area contributed by atoms with Gasteiger partial charge in [-0.15, -0.1) is 0 Å². The monoisotopic (exact) mass is 435 g/mol. The summed E-state index contributed by atoms with van der Waals surface area (Å²) in [7, 11) is 1.66. The van der Waals surface area contributed by atoms with Gasteiger partial charge in [-0.05, 0) is 74.7 Å². The second-order valence-electron chi connectivity index (χ2n) is 8.90. The van der Waals surface area contributed by atoms with E-state index in [2.05, 4.69) is 22.3 Å². The normalized spacial score (nSPS) is 19.9. The quantitative estimate of drug-likeness (QED) is 0.722. The van der Waals surface area contributed by atoms with E-state index in [4.69, 9.17) is 4.74 Å². The Morgan fingerprint density at radius 2 is 1.84 bits per heavy atom. The molecule has 0 radical (unpaired) electrons. The summed E-state index contributed by atoms with van der Waals surface area (Å²) in [5.74, 6) is 0.487. The van der Waals surface area contributed by atoms with E-state index in [1.165, 1.54) is 18.4 Å². The molecule has 4 rings (SSSR count). The maximum absolute atomic E-state index is 13.0. The summed E-state index contributed by atoms with van der Waals surface area (Å²) in [4.78, 5) is 30.0. The molecule has 0 spiro atoms. The Morgan fingerprint density at radius 1 is 1.12 bits per heavy atom. The number of aryl methyl sites for hydroxylation is 1. The molecule has 2 aliphatic rings. The second kappa shape index (κ2) is 9.74. The molecule has 0 bridgehead atoms. The van der Waals surface area contributed by atoms with Crippen LogP contribution in [-0.4, -0.2) is 50.0 Å². The lowest BCUT2D eigenvalue weighted by Gasteiger charge is -2.29. The summed E-state index contributed by atoms with van der Waals surface area (Å²) in [6.07, 6.45) is 2.63. The fourth-order valence-electron chi connectivity index (χ4n) is 4.82. The number of likely N-dealkylation sites (tertiary alicyclic amines) is 1. The summed E-state index contributed by atoms with van der Waals surface area (Å²) in [6.45, 7) is 7.12. The van der Waals surface area contributed by atoms with Crippen molar-refractivity contribution in [2.24, 2.45) is 5.92 Å². The summed E-state index contributed by atoms with van der Waals surface area (Å²) >= 11 is 0. The van der Waals surface area contributed by atoms with Crippen LogP contribution >= 0.6 is 0 Å². The number of methoxy groups -OCH3 is 1. The fraction of sp³-hybridized carbons (Fsp3) is 0.462. The van der Waals surface area contributed by atoms with E-state index in [0.717, 1.165) is 35.7 Å². The highest BCUT2D eigenvalue weighted by Crippen LogP contribution is 2.30. The Kier molecular flexibility index (Phi) is 6.80. The van der Waals surface area contributed by atoms with E-state index in [9.17, 15) is 9.59 Å². The molecule has 0 aromatic heterocycles. The first-order valence-electron chi connectivity index (χ1n) is 11.5. The van der Waals surface area contributed by atoms with E-state index < -0.39 is 0 Å². The molecule has 2 unspecified atom stereocenters. The molecule has 6 nitrogen and oxygen atoms in total. The Balaban J connectivity index is 1.42. The predicted molar refractivity (Wildman–Crippen MR) is 126 cm³/mol. The Labute approximate surface area is 190 Å². The van der Waals surface area contributed by atoms with E-state index >= 15 is 0 Å². The molecule has 6 heteroatoms. The van der Waals surface area contributed by atoms with Crippen LogP contribution in [0.15, 0.2) is 42.5 Å². The Hall–Kier alpha value is -2.86. The molecule has 1 N–H and O–H groups in total. The molecule has 2 atom stereocenters. The second-order valence-corrected chi connectivity index (χ2v) is 8.90. The van der Waals surface area contributed by atoms with Gasteiger partial charge in [0.2, 0.25) is 11.8 Å². The molecule has 170 valence electrons. The van der Waals surface area contributed by atoms with Gasteiger partial charge in [-0.2, -0.15) is 0 Å². The topological polar surface area (TPSA) is 61.9 Å². The zero-order valence-corrected chi connectivity index (χ0v) is 19.3. The molecule has 2 amide bonds. The summed E-state index contributed by atoms with van der Waals surface area (Å²) in [5.41, 5.74) is 4.33. The van der Waals surface area contributed by atoms with E-state index in [-0.39, 0.29) is 30.2 Å². The van der Waals surface area contributed by atoms with Crippen molar-refractivity contribution >= 4 is 17.5 Å². The van der Waals surface area contributed by atoms with Crippen molar-refractivity contribution in [3.05, 3.63) is 59.2 Å². The maximum atomic E-state index is 13.0. The summed E-state index contributed by atoms with van der Waals surface area (Å²) < 4.78 is 5.29. The number of carbonyl (C=O) groups excluding carboxylic acids is 2.